The van der Waals surface area contributed by atoms with Crippen LogP contribution in [0.5, 0.6) is 11.8 Å². The van der Waals surface area contributed by atoms with Crippen LogP contribution in [0, 0.1) is 35.2 Å². The fourth-order valence-corrected chi connectivity index (χ4v) is 7.39. The van der Waals surface area contributed by atoms with Gasteiger partial charge in [0.1, 0.15) is 28.7 Å². The van der Waals surface area contributed by atoms with Crippen molar-refractivity contribution in [3.8, 4) is 35.2 Å². The summed E-state index contributed by atoms with van der Waals surface area (Å²) in [5.41, 5.74) is -0.927. The monoisotopic (exact) mass is 601 g/mol. The number of fused-ring (bicyclic) bond motifs is 4. The molecule has 3 aromatic carbocycles. The highest BCUT2D eigenvalue weighted by Gasteiger charge is 2.35. The van der Waals surface area contributed by atoms with Crippen molar-refractivity contribution >= 4 is 27.5 Å². The fraction of sp³-hybridized carbons (Fsp3) is 0.412. The van der Waals surface area contributed by atoms with Crippen molar-refractivity contribution in [2.24, 2.45) is 5.41 Å². The highest BCUT2D eigenvalue weighted by Crippen LogP contribution is 2.42. The minimum atomic E-state index is -0.964. The van der Waals surface area contributed by atoms with Gasteiger partial charge in [-0.1, -0.05) is 18.9 Å². The van der Waals surface area contributed by atoms with Crippen LogP contribution in [0.25, 0.3) is 32.8 Å². The van der Waals surface area contributed by atoms with E-state index in [1.165, 1.54) is 30.3 Å². The predicted octanol–water partition coefficient (Wildman–Crippen LogP) is 5.61. The Morgan fingerprint density at radius 3 is 2.61 bits per heavy atom. The van der Waals surface area contributed by atoms with E-state index in [1.807, 2.05) is 0 Å². The summed E-state index contributed by atoms with van der Waals surface area (Å²) in [6, 6.07) is 6.91. The number of hydrogen-bond acceptors (Lipinski definition) is 7. The number of halogens is 3. The first-order valence-corrected chi connectivity index (χ1v) is 15.1. The van der Waals surface area contributed by atoms with Crippen LogP contribution in [0.3, 0.4) is 0 Å². The van der Waals surface area contributed by atoms with Gasteiger partial charge in [0.15, 0.2) is 5.82 Å². The second kappa shape index (κ2) is 10.8. The van der Waals surface area contributed by atoms with Gasteiger partial charge in [-0.25, -0.2) is 13.2 Å². The van der Waals surface area contributed by atoms with Gasteiger partial charge in [0.2, 0.25) is 0 Å². The van der Waals surface area contributed by atoms with Gasteiger partial charge in [-0.15, -0.1) is 6.42 Å². The van der Waals surface area contributed by atoms with Crippen LogP contribution in [0.15, 0.2) is 30.3 Å². The number of anilines is 1. The molecule has 3 fully saturated rings. The van der Waals surface area contributed by atoms with Gasteiger partial charge >= 0.3 is 6.01 Å². The van der Waals surface area contributed by atoms with Gasteiger partial charge in [-0.05, 0) is 68.9 Å². The molecule has 2 N–H and O–H groups in total. The molecule has 2 bridgehead atoms. The first-order chi connectivity index (χ1) is 21.1. The normalized spacial score (nSPS) is 23.8. The van der Waals surface area contributed by atoms with Crippen LogP contribution >= 0.6 is 0 Å². The average molecular weight is 602 g/mol. The number of aromatic nitrogens is 2. The molecule has 4 heterocycles. The number of piperidine rings is 1. The molecule has 0 spiro atoms. The van der Waals surface area contributed by atoms with E-state index in [4.69, 9.17) is 16.1 Å². The number of phenols is 1. The number of nitrogens with one attached hydrogen (secondary N) is 1. The Kier molecular flexibility index (Phi) is 7.06. The van der Waals surface area contributed by atoms with E-state index in [1.54, 1.807) is 0 Å². The average Bonchev–Trinajstić information content (AvgIpc) is 3.33. The number of nitrogens with zero attached hydrogens (tertiary/aromatic N) is 4. The molecule has 1 unspecified atom stereocenters. The summed E-state index contributed by atoms with van der Waals surface area (Å²) in [5.74, 6) is -0.0856. The molecular formula is C34H34F3N5O2. The third-order valence-corrected chi connectivity index (χ3v) is 9.35. The Balaban J connectivity index is 1.41. The van der Waals surface area contributed by atoms with E-state index >= 15 is 8.78 Å². The molecule has 3 atom stereocenters. The van der Waals surface area contributed by atoms with E-state index < -0.39 is 23.0 Å². The maximum Gasteiger partial charge on any atom is 0.319 e. The summed E-state index contributed by atoms with van der Waals surface area (Å²) in [4.78, 5) is 13.6. The maximum absolute atomic E-state index is 16.8. The Hall–Kier alpha value is -4.07. The Bertz CT molecular complexity index is 1830. The number of terminal acetylenes is 1. The molecule has 0 radical (unpaired) electrons. The number of benzene rings is 3. The van der Waals surface area contributed by atoms with Crippen LogP contribution in [0.1, 0.15) is 38.2 Å². The van der Waals surface area contributed by atoms with Gasteiger partial charge < -0.3 is 25.0 Å². The SMILES string of the molecule is C#Cc1c(F)ccc2cc(O)cc(-c3c(F)cc4c(N5C[C@H]6CC[C@@H](C5)N6)nc(OCC5(C)CCCN(C)C5)nc4c3F)c12. The Morgan fingerprint density at radius 1 is 1.11 bits per heavy atom. The Labute approximate surface area is 254 Å². The molecule has 7 rings (SSSR count). The standard InChI is InChI=1S/C34H34F3N5O2/c1-4-23-26(35)9-6-19-12-22(43)13-24(28(19)23)29-27(36)14-25-31(30(29)37)39-33(44-18-34(2)10-5-11-41(3)17-34)40-32(25)42-15-20-7-8-21(16-42)38-20/h1,6,9,12-14,20-21,38,43H,5,7-8,10-11,15-18H2,2-3H3/t20-,21+,34?. The minimum absolute atomic E-state index is 0.0143. The predicted molar refractivity (Wildman–Crippen MR) is 164 cm³/mol. The highest BCUT2D eigenvalue weighted by atomic mass is 19.1. The molecule has 10 heteroatoms. The largest absolute Gasteiger partial charge is 0.508 e. The minimum Gasteiger partial charge on any atom is -0.508 e. The topological polar surface area (TPSA) is 73.8 Å². The van der Waals surface area contributed by atoms with Gasteiger partial charge in [0, 0.05) is 53.5 Å². The zero-order chi connectivity index (χ0) is 30.7. The molecule has 3 aliphatic heterocycles. The van der Waals surface area contributed by atoms with Crippen molar-refractivity contribution in [1.82, 2.24) is 20.2 Å². The van der Waals surface area contributed by atoms with Crippen molar-refractivity contribution in [1.29, 1.82) is 0 Å². The molecule has 4 aromatic rings. The van der Waals surface area contributed by atoms with E-state index in [2.05, 4.69) is 40.0 Å². The molecule has 0 amide bonds. The van der Waals surface area contributed by atoms with Crippen molar-refractivity contribution in [3.05, 3.63) is 53.3 Å². The summed E-state index contributed by atoms with van der Waals surface area (Å²) < 4.78 is 54.0. The van der Waals surface area contributed by atoms with Crippen molar-refractivity contribution in [3.63, 3.8) is 0 Å². The summed E-state index contributed by atoms with van der Waals surface area (Å²) in [6.07, 6.45) is 9.69. The number of likely N-dealkylation sites (tertiary alicyclic amines) is 1. The first-order valence-electron chi connectivity index (χ1n) is 15.1. The summed E-state index contributed by atoms with van der Waals surface area (Å²) in [6.45, 7) is 5.63. The molecular weight excluding hydrogens is 567 g/mol. The molecule has 3 saturated heterocycles. The van der Waals surface area contributed by atoms with Crippen molar-refractivity contribution in [2.75, 3.05) is 44.7 Å². The molecule has 1 aromatic heterocycles. The number of hydrogen-bond donors (Lipinski definition) is 2. The third kappa shape index (κ3) is 4.98. The highest BCUT2D eigenvalue weighted by molar-refractivity contribution is 6.04. The van der Waals surface area contributed by atoms with Crippen molar-refractivity contribution in [2.45, 2.75) is 44.7 Å². The van der Waals surface area contributed by atoms with E-state index in [-0.39, 0.29) is 56.7 Å². The van der Waals surface area contributed by atoms with Crippen molar-refractivity contribution < 1.29 is 23.0 Å². The molecule has 7 nitrogen and oxygen atoms in total. The van der Waals surface area contributed by atoms with Gasteiger partial charge in [-0.2, -0.15) is 9.97 Å². The lowest BCUT2D eigenvalue weighted by molar-refractivity contribution is 0.0660. The number of phenolic OH excluding ortho intramolecular Hbond substituents is 1. The number of rotatable bonds is 5. The molecule has 228 valence electrons. The molecule has 0 saturated carbocycles. The van der Waals surface area contributed by atoms with E-state index in [9.17, 15) is 9.50 Å². The van der Waals surface area contributed by atoms with Gasteiger partial charge in [-0.3, -0.25) is 0 Å². The third-order valence-electron chi connectivity index (χ3n) is 9.35. The van der Waals surface area contributed by atoms with Crippen LogP contribution < -0.4 is 15.0 Å². The molecule has 0 aliphatic carbocycles. The number of piperazine rings is 1. The zero-order valence-corrected chi connectivity index (χ0v) is 24.8. The first kappa shape index (κ1) is 28.7. The fourth-order valence-electron chi connectivity index (χ4n) is 7.39. The van der Waals surface area contributed by atoms with Crippen LogP contribution in [-0.2, 0) is 0 Å². The summed E-state index contributed by atoms with van der Waals surface area (Å²) in [7, 11) is 2.08. The van der Waals surface area contributed by atoms with Crippen LogP contribution in [0.4, 0.5) is 19.0 Å². The quantitative estimate of drug-likeness (QED) is 0.289. The zero-order valence-electron chi connectivity index (χ0n) is 24.8. The Morgan fingerprint density at radius 2 is 1.89 bits per heavy atom. The van der Waals surface area contributed by atoms with Crippen LogP contribution in [-0.4, -0.2) is 71.9 Å². The number of aromatic hydroxyl groups is 1. The molecule has 44 heavy (non-hydrogen) atoms. The van der Waals surface area contributed by atoms with Crippen LogP contribution in [0.2, 0.25) is 0 Å². The van der Waals surface area contributed by atoms with E-state index in [0.717, 1.165) is 38.8 Å². The summed E-state index contributed by atoms with van der Waals surface area (Å²) >= 11 is 0. The molecule has 3 aliphatic rings. The smallest absolute Gasteiger partial charge is 0.319 e. The van der Waals surface area contributed by atoms with Gasteiger partial charge in [0.05, 0.1) is 17.7 Å². The van der Waals surface area contributed by atoms with Gasteiger partial charge in [0.25, 0.3) is 0 Å². The van der Waals surface area contributed by atoms with E-state index in [0.29, 0.717) is 30.9 Å². The maximum atomic E-state index is 16.8. The second-order valence-corrected chi connectivity index (χ2v) is 12.9. The summed E-state index contributed by atoms with van der Waals surface area (Å²) in [5, 5.41) is 14.8. The lowest BCUT2D eigenvalue weighted by Crippen LogP contribution is -2.51. The number of ether oxygens (including phenoxy) is 1. The lowest BCUT2D eigenvalue weighted by Gasteiger charge is -2.38. The lowest BCUT2D eigenvalue weighted by atomic mass is 9.83. The second-order valence-electron chi connectivity index (χ2n) is 12.9.